The average molecular weight is 234 g/mol. The molecule has 0 radical (unpaired) electrons. The minimum atomic E-state index is -0.328. The Morgan fingerprint density at radius 2 is 2.19 bits per heavy atom. The number of aldehydes is 1. The molecule has 0 saturated heterocycles. The lowest BCUT2D eigenvalue weighted by Crippen LogP contribution is -2.20. The second kappa shape index (κ2) is 4.02. The molecule has 0 bridgehead atoms. The van der Waals surface area contributed by atoms with Crippen LogP contribution in [-0.4, -0.2) is 15.8 Å². The first-order chi connectivity index (χ1) is 7.63. The smallest absolute Gasteiger partial charge is 0.267 e. The minimum Gasteiger partial charge on any atom is -0.298 e. The molecule has 0 unspecified atom stereocenters. The van der Waals surface area contributed by atoms with Crippen molar-refractivity contribution < 1.29 is 4.79 Å². The molecule has 2 aromatic rings. The lowest BCUT2D eigenvalue weighted by Gasteiger charge is -2.00. The third-order valence-corrected chi connectivity index (χ3v) is 3.40. The first-order valence-electron chi connectivity index (χ1n) is 4.74. The van der Waals surface area contributed by atoms with E-state index in [-0.39, 0.29) is 11.1 Å². The van der Waals surface area contributed by atoms with E-state index >= 15 is 0 Å². The number of aryl methyl sites for hydroxylation is 2. The van der Waals surface area contributed by atoms with Gasteiger partial charge in [0.05, 0.1) is 11.3 Å². The summed E-state index contributed by atoms with van der Waals surface area (Å²) >= 11 is 1.44. The summed E-state index contributed by atoms with van der Waals surface area (Å²) in [5.74, 6) is 0. The summed E-state index contributed by atoms with van der Waals surface area (Å²) in [4.78, 5) is 27.8. The summed E-state index contributed by atoms with van der Waals surface area (Å²) in [6, 6.07) is 3.16. The lowest BCUT2D eigenvalue weighted by atomic mass is 10.3. The van der Waals surface area contributed by atoms with Crippen molar-refractivity contribution in [2.75, 3.05) is 0 Å². The fraction of sp³-hybridized carbons (Fsp3) is 0.182. The normalized spacial score (nSPS) is 10.4. The molecule has 4 nitrogen and oxygen atoms in total. The average Bonchev–Trinajstić information content (AvgIpc) is 2.59. The third-order valence-electron chi connectivity index (χ3n) is 2.33. The van der Waals surface area contributed by atoms with Crippen molar-refractivity contribution in [3.05, 3.63) is 44.8 Å². The number of thiazole rings is 1. The van der Waals surface area contributed by atoms with Gasteiger partial charge in [-0.3, -0.25) is 14.2 Å². The number of aromatic nitrogens is 2. The second-order valence-electron chi connectivity index (χ2n) is 3.39. The molecular weight excluding hydrogens is 224 g/mol. The fourth-order valence-electron chi connectivity index (χ4n) is 1.31. The summed E-state index contributed by atoms with van der Waals surface area (Å²) in [6.07, 6.45) is 2.18. The maximum Gasteiger partial charge on any atom is 0.267 e. The van der Waals surface area contributed by atoms with Crippen LogP contribution >= 0.6 is 11.3 Å². The Kier molecular flexibility index (Phi) is 2.70. The van der Waals surface area contributed by atoms with Gasteiger partial charge in [0.15, 0.2) is 11.4 Å². The SMILES string of the molecule is Cc1nc(-n2cccc(C=O)c2=O)sc1C. The van der Waals surface area contributed by atoms with E-state index < -0.39 is 0 Å². The molecule has 0 saturated carbocycles. The highest BCUT2D eigenvalue weighted by Gasteiger charge is 2.09. The number of rotatable bonds is 2. The number of carbonyl (C=O) groups excluding carboxylic acids is 1. The predicted octanol–water partition coefficient (Wildman–Crippen LogP) is 1.72. The molecule has 5 heteroatoms. The number of pyridine rings is 1. The molecule has 82 valence electrons. The molecule has 2 rings (SSSR count). The second-order valence-corrected chi connectivity index (χ2v) is 4.58. The maximum atomic E-state index is 11.8. The summed E-state index contributed by atoms with van der Waals surface area (Å²) in [5.41, 5.74) is 0.725. The number of hydrogen-bond acceptors (Lipinski definition) is 4. The zero-order valence-electron chi connectivity index (χ0n) is 8.93. The van der Waals surface area contributed by atoms with E-state index in [9.17, 15) is 9.59 Å². The van der Waals surface area contributed by atoms with E-state index in [1.54, 1.807) is 12.3 Å². The van der Waals surface area contributed by atoms with Crippen LogP contribution in [0.15, 0.2) is 23.1 Å². The monoisotopic (exact) mass is 234 g/mol. The van der Waals surface area contributed by atoms with Crippen molar-refractivity contribution in [3.63, 3.8) is 0 Å². The quantitative estimate of drug-likeness (QED) is 0.743. The summed E-state index contributed by atoms with van der Waals surface area (Å²) < 4.78 is 1.40. The Morgan fingerprint density at radius 1 is 1.44 bits per heavy atom. The Labute approximate surface area is 96.2 Å². The van der Waals surface area contributed by atoms with Crippen LogP contribution in [0.2, 0.25) is 0 Å². The standard InChI is InChI=1S/C11H10N2O2S/c1-7-8(2)16-11(12-7)13-5-3-4-9(6-14)10(13)15/h3-6H,1-2H3. The minimum absolute atomic E-state index is 0.146. The molecule has 2 aromatic heterocycles. The van der Waals surface area contributed by atoms with Gasteiger partial charge in [-0.25, -0.2) is 4.98 Å². The zero-order chi connectivity index (χ0) is 11.7. The summed E-state index contributed by atoms with van der Waals surface area (Å²) in [7, 11) is 0. The first-order valence-corrected chi connectivity index (χ1v) is 5.56. The number of hydrogen-bond donors (Lipinski definition) is 0. The van der Waals surface area contributed by atoms with Gasteiger partial charge in [-0.15, -0.1) is 11.3 Å². The molecule has 16 heavy (non-hydrogen) atoms. The Bertz CT molecular complexity index is 579. The van der Waals surface area contributed by atoms with Gasteiger partial charge in [0, 0.05) is 11.1 Å². The molecule has 0 fully saturated rings. The molecule has 0 aromatic carbocycles. The van der Waals surface area contributed by atoms with Crippen LogP contribution in [0.5, 0.6) is 0 Å². The topological polar surface area (TPSA) is 52.0 Å². The molecule has 2 heterocycles. The van der Waals surface area contributed by atoms with Crippen molar-refractivity contribution >= 4 is 17.6 Å². The van der Waals surface area contributed by atoms with Crippen molar-refractivity contribution in [1.82, 2.24) is 9.55 Å². The largest absolute Gasteiger partial charge is 0.298 e. The van der Waals surface area contributed by atoms with Crippen LogP contribution in [0, 0.1) is 13.8 Å². The Balaban J connectivity index is 2.65. The highest BCUT2D eigenvalue weighted by Crippen LogP contribution is 2.18. The van der Waals surface area contributed by atoms with Gasteiger partial charge in [-0.1, -0.05) is 0 Å². The molecule has 0 spiro atoms. The van der Waals surface area contributed by atoms with Gasteiger partial charge < -0.3 is 0 Å². The van der Waals surface area contributed by atoms with Gasteiger partial charge in [-0.05, 0) is 26.0 Å². The highest BCUT2D eigenvalue weighted by atomic mass is 32.1. The van der Waals surface area contributed by atoms with Gasteiger partial charge in [0.1, 0.15) is 0 Å². The molecule has 0 aliphatic heterocycles. The van der Waals surface area contributed by atoms with Crippen molar-refractivity contribution in [2.45, 2.75) is 13.8 Å². The van der Waals surface area contributed by atoms with E-state index in [1.165, 1.54) is 22.0 Å². The van der Waals surface area contributed by atoms with Crippen LogP contribution in [0.1, 0.15) is 20.9 Å². The molecule has 0 atom stereocenters. The maximum absolute atomic E-state index is 11.8. The lowest BCUT2D eigenvalue weighted by molar-refractivity contribution is 0.112. The van der Waals surface area contributed by atoms with Crippen LogP contribution in [-0.2, 0) is 0 Å². The van der Waals surface area contributed by atoms with Crippen LogP contribution < -0.4 is 5.56 Å². The van der Waals surface area contributed by atoms with Gasteiger partial charge in [-0.2, -0.15) is 0 Å². The van der Waals surface area contributed by atoms with Crippen molar-refractivity contribution in [2.24, 2.45) is 0 Å². The summed E-state index contributed by atoms with van der Waals surface area (Å²) in [5, 5.41) is 0.601. The van der Waals surface area contributed by atoms with Crippen LogP contribution in [0.3, 0.4) is 0 Å². The molecule has 0 N–H and O–H groups in total. The molecular formula is C11H10N2O2S. The van der Waals surface area contributed by atoms with Gasteiger partial charge in [0.25, 0.3) is 5.56 Å². The highest BCUT2D eigenvalue weighted by molar-refractivity contribution is 7.14. The van der Waals surface area contributed by atoms with E-state index in [4.69, 9.17) is 0 Å². The van der Waals surface area contributed by atoms with E-state index in [2.05, 4.69) is 4.98 Å². The molecule has 0 aliphatic rings. The van der Waals surface area contributed by atoms with E-state index in [1.807, 2.05) is 13.8 Å². The van der Waals surface area contributed by atoms with Gasteiger partial charge in [0.2, 0.25) is 0 Å². The predicted molar refractivity (Wildman–Crippen MR) is 62.6 cm³/mol. The van der Waals surface area contributed by atoms with Gasteiger partial charge >= 0.3 is 0 Å². The molecule has 0 aliphatic carbocycles. The zero-order valence-corrected chi connectivity index (χ0v) is 9.75. The van der Waals surface area contributed by atoms with Crippen LogP contribution in [0.25, 0.3) is 5.13 Å². The Hall–Kier alpha value is -1.75. The van der Waals surface area contributed by atoms with Crippen molar-refractivity contribution in [1.29, 1.82) is 0 Å². The third kappa shape index (κ3) is 1.69. The van der Waals surface area contributed by atoms with Crippen molar-refractivity contribution in [3.8, 4) is 5.13 Å². The first kappa shape index (κ1) is 10.8. The number of nitrogens with zero attached hydrogens (tertiary/aromatic N) is 2. The molecule has 0 amide bonds. The summed E-state index contributed by atoms with van der Waals surface area (Å²) in [6.45, 7) is 3.84. The van der Waals surface area contributed by atoms with Crippen LogP contribution in [0.4, 0.5) is 0 Å². The Morgan fingerprint density at radius 3 is 2.75 bits per heavy atom. The van der Waals surface area contributed by atoms with E-state index in [0.29, 0.717) is 11.4 Å². The number of carbonyl (C=O) groups is 1. The van der Waals surface area contributed by atoms with E-state index in [0.717, 1.165) is 10.6 Å². The fourth-order valence-corrected chi connectivity index (χ4v) is 2.20.